The van der Waals surface area contributed by atoms with Gasteiger partial charge >= 0.3 is 5.97 Å². The van der Waals surface area contributed by atoms with Crippen molar-refractivity contribution in [3.63, 3.8) is 0 Å². The predicted molar refractivity (Wildman–Crippen MR) is 69.5 cm³/mol. The van der Waals surface area contributed by atoms with E-state index in [4.69, 9.17) is 5.11 Å². The molecule has 0 aliphatic carbocycles. The molecule has 17 heavy (non-hydrogen) atoms. The first-order valence-corrected chi connectivity index (χ1v) is 7.00. The van der Waals surface area contributed by atoms with E-state index in [-0.39, 0.29) is 0 Å². The van der Waals surface area contributed by atoms with Crippen molar-refractivity contribution in [1.82, 2.24) is 0 Å². The fraction of sp³-hybridized carbons (Fsp3) is 0.462. The summed E-state index contributed by atoms with van der Waals surface area (Å²) in [4.78, 5) is 10.9. The number of rotatable bonds is 5. The van der Waals surface area contributed by atoms with Crippen molar-refractivity contribution in [3.05, 3.63) is 34.9 Å². The van der Waals surface area contributed by atoms with Crippen LogP contribution in [0.5, 0.6) is 0 Å². The van der Waals surface area contributed by atoms with Gasteiger partial charge in [-0.1, -0.05) is 25.1 Å². The topological polar surface area (TPSA) is 54.4 Å². The van der Waals surface area contributed by atoms with Crippen molar-refractivity contribution >= 4 is 16.8 Å². The zero-order valence-corrected chi connectivity index (χ0v) is 11.2. The highest BCUT2D eigenvalue weighted by Gasteiger charge is 2.23. The SMILES string of the molecule is CCC(C(=O)O)S(=O)Cc1c(C)cccc1C. The molecule has 1 aromatic rings. The van der Waals surface area contributed by atoms with E-state index in [1.54, 1.807) is 6.92 Å². The third kappa shape index (κ3) is 3.40. The van der Waals surface area contributed by atoms with Gasteiger partial charge in [0.1, 0.15) is 5.25 Å². The van der Waals surface area contributed by atoms with Crippen LogP contribution in [-0.2, 0) is 21.3 Å². The summed E-state index contributed by atoms with van der Waals surface area (Å²) in [6.45, 7) is 5.67. The first-order chi connectivity index (χ1) is 7.97. The van der Waals surface area contributed by atoms with Gasteiger partial charge in [0.15, 0.2) is 0 Å². The second kappa shape index (κ2) is 5.96. The molecular formula is C13H18O3S. The van der Waals surface area contributed by atoms with Crippen molar-refractivity contribution < 1.29 is 14.1 Å². The fourth-order valence-corrected chi connectivity index (χ4v) is 3.33. The highest BCUT2D eigenvalue weighted by Crippen LogP contribution is 2.17. The first kappa shape index (κ1) is 13.9. The largest absolute Gasteiger partial charge is 0.480 e. The van der Waals surface area contributed by atoms with Gasteiger partial charge in [-0.15, -0.1) is 0 Å². The van der Waals surface area contributed by atoms with Gasteiger partial charge in [0.25, 0.3) is 0 Å². The Kier molecular flexibility index (Phi) is 4.87. The van der Waals surface area contributed by atoms with Gasteiger partial charge in [0, 0.05) is 16.6 Å². The van der Waals surface area contributed by atoms with E-state index >= 15 is 0 Å². The molecule has 0 heterocycles. The monoisotopic (exact) mass is 254 g/mol. The number of carbonyl (C=O) groups is 1. The first-order valence-electron chi connectivity index (χ1n) is 5.62. The van der Waals surface area contributed by atoms with Gasteiger partial charge in [0.2, 0.25) is 0 Å². The number of carboxylic acids is 1. The number of aryl methyl sites for hydroxylation is 2. The van der Waals surface area contributed by atoms with Crippen molar-refractivity contribution in [2.24, 2.45) is 0 Å². The summed E-state index contributed by atoms with van der Waals surface area (Å²) in [5.74, 6) is -0.652. The lowest BCUT2D eigenvalue weighted by molar-refractivity contribution is -0.136. The van der Waals surface area contributed by atoms with Crippen LogP contribution in [0, 0.1) is 13.8 Å². The van der Waals surface area contributed by atoms with Crippen LogP contribution in [0.1, 0.15) is 30.0 Å². The summed E-state index contributed by atoms with van der Waals surface area (Å²) in [5, 5.41) is 8.20. The molecule has 1 aromatic carbocycles. The van der Waals surface area contributed by atoms with Gasteiger partial charge < -0.3 is 5.11 Å². The molecule has 0 spiro atoms. The molecule has 0 aliphatic heterocycles. The Balaban J connectivity index is 2.91. The van der Waals surface area contributed by atoms with Gasteiger partial charge in [-0.3, -0.25) is 9.00 Å². The van der Waals surface area contributed by atoms with Crippen LogP contribution in [0.3, 0.4) is 0 Å². The number of aliphatic carboxylic acids is 1. The van der Waals surface area contributed by atoms with Crippen LogP contribution in [-0.4, -0.2) is 20.5 Å². The molecule has 3 nitrogen and oxygen atoms in total. The van der Waals surface area contributed by atoms with Gasteiger partial charge in [0.05, 0.1) is 0 Å². The molecule has 0 radical (unpaired) electrons. The number of benzene rings is 1. The Bertz CT molecular complexity index is 420. The quantitative estimate of drug-likeness (QED) is 0.878. The minimum atomic E-state index is -1.36. The van der Waals surface area contributed by atoms with Crippen molar-refractivity contribution in [2.45, 2.75) is 38.2 Å². The molecule has 0 aliphatic rings. The minimum Gasteiger partial charge on any atom is -0.480 e. The van der Waals surface area contributed by atoms with Crippen molar-refractivity contribution in [3.8, 4) is 0 Å². The summed E-state index contributed by atoms with van der Waals surface area (Å²) in [6.07, 6.45) is 0.396. The van der Waals surface area contributed by atoms with Crippen LogP contribution in [0.25, 0.3) is 0 Å². The molecule has 1 N–H and O–H groups in total. The summed E-state index contributed by atoms with van der Waals surface area (Å²) >= 11 is 0. The van der Waals surface area contributed by atoms with E-state index in [1.165, 1.54) is 0 Å². The maximum absolute atomic E-state index is 12.0. The molecule has 0 amide bonds. The van der Waals surface area contributed by atoms with Gasteiger partial charge in [-0.25, -0.2) is 0 Å². The molecule has 0 bridgehead atoms. The second-order valence-electron chi connectivity index (χ2n) is 4.13. The van der Waals surface area contributed by atoms with Gasteiger partial charge in [-0.2, -0.15) is 0 Å². The third-order valence-corrected chi connectivity index (χ3v) is 4.64. The maximum Gasteiger partial charge on any atom is 0.319 e. The lowest BCUT2D eigenvalue weighted by atomic mass is 10.1. The van der Waals surface area contributed by atoms with Crippen LogP contribution in [0.4, 0.5) is 0 Å². The Labute approximate surface area is 104 Å². The van der Waals surface area contributed by atoms with Crippen LogP contribution in [0.2, 0.25) is 0 Å². The Morgan fingerprint density at radius 3 is 2.29 bits per heavy atom. The summed E-state index contributed by atoms with van der Waals surface area (Å²) in [7, 11) is -1.36. The molecule has 94 valence electrons. The standard InChI is InChI=1S/C13H18O3S/c1-4-12(13(14)15)17(16)8-11-9(2)6-5-7-10(11)3/h5-7,12H,4,8H2,1-3H3,(H,14,15). The van der Waals surface area contributed by atoms with Gasteiger partial charge in [-0.05, 0) is 37.0 Å². The normalized spacial score (nSPS) is 14.3. The Morgan fingerprint density at radius 1 is 1.35 bits per heavy atom. The zero-order valence-electron chi connectivity index (χ0n) is 10.4. The average molecular weight is 254 g/mol. The summed E-state index contributed by atoms with van der Waals surface area (Å²) < 4.78 is 12.0. The van der Waals surface area contributed by atoms with Crippen LogP contribution >= 0.6 is 0 Å². The van der Waals surface area contributed by atoms with E-state index in [2.05, 4.69) is 0 Å². The molecule has 1 rings (SSSR count). The van der Waals surface area contributed by atoms with Crippen LogP contribution < -0.4 is 0 Å². The predicted octanol–water partition coefficient (Wildman–Crippen LogP) is 2.42. The highest BCUT2D eigenvalue weighted by atomic mass is 32.2. The summed E-state index contributed by atoms with van der Waals surface area (Å²) in [6, 6.07) is 5.87. The van der Waals surface area contributed by atoms with E-state index < -0.39 is 22.0 Å². The molecule has 2 atom stereocenters. The third-order valence-electron chi connectivity index (χ3n) is 2.89. The van der Waals surface area contributed by atoms with E-state index in [0.29, 0.717) is 12.2 Å². The molecule has 0 aromatic heterocycles. The number of carboxylic acid groups (broad SMARTS) is 1. The lowest BCUT2D eigenvalue weighted by Gasteiger charge is -2.13. The molecule has 0 saturated carbocycles. The Hall–Kier alpha value is -1.16. The molecular weight excluding hydrogens is 236 g/mol. The zero-order chi connectivity index (χ0) is 13.0. The fourth-order valence-electron chi connectivity index (χ4n) is 1.79. The maximum atomic E-state index is 12.0. The molecule has 2 unspecified atom stereocenters. The smallest absolute Gasteiger partial charge is 0.319 e. The Morgan fingerprint density at radius 2 is 1.88 bits per heavy atom. The molecule has 4 heteroatoms. The average Bonchev–Trinajstić information content (AvgIpc) is 2.24. The second-order valence-corrected chi connectivity index (χ2v) is 5.75. The number of hydrogen-bond acceptors (Lipinski definition) is 2. The van der Waals surface area contributed by atoms with Crippen molar-refractivity contribution in [1.29, 1.82) is 0 Å². The van der Waals surface area contributed by atoms with E-state index in [0.717, 1.165) is 16.7 Å². The van der Waals surface area contributed by atoms with Crippen molar-refractivity contribution in [2.75, 3.05) is 0 Å². The highest BCUT2D eigenvalue weighted by molar-refractivity contribution is 7.85. The number of hydrogen-bond donors (Lipinski definition) is 1. The summed E-state index contributed by atoms with van der Waals surface area (Å²) in [5.41, 5.74) is 3.14. The van der Waals surface area contributed by atoms with E-state index in [1.807, 2.05) is 32.0 Å². The molecule has 0 saturated heterocycles. The lowest BCUT2D eigenvalue weighted by Crippen LogP contribution is -2.26. The minimum absolute atomic E-state index is 0.323. The van der Waals surface area contributed by atoms with Crippen LogP contribution in [0.15, 0.2) is 18.2 Å². The molecule has 0 fully saturated rings. The van der Waals surface area contributed by atoms with E-state index in [9.17, 15) is 9.00 Å².